The van der Waals surface area contributed by atoms with Crippen LogP contribution in [0.25, 0.3) is 0 Å². The molecule has 3 aromatic rings. The van der Waals surface area contributed by atoms with Gasteiger partial charge in [-0.2, -0.15) is 0 Å². The number of methoxy groups -OCH3 is 1. The molecule has 2 atom stereocenters. The number of thiazole rings is 1. The van der Waals surface area contributed by atoms with E-state index in [0.29, 0.717) is 17.3 Å². The molecular formula is C24H28N4O3S. The number of carbonyl (C=O) groups excluding carboxylic acids is 2. The van der Waals surface area contributed by atoms with Crippen molar-refractivity contribution in [2.24, 2.45) is 0 Å². The number of benzene rings is 2. The molecule has 0 radical (unpaired) electrons. The van der Waals surface area contributed by atoms with Gasteiger partial charge in [-0.25, -0.2) is 4.98 Å². The quantitative estimate of drug-likeness (QED) is 0.430. The highest BCUT2D eigenvalue weighted by molar-refractivity contribution is 7.14. The van der Waals surface area contributed by atoms with E-state index < -0.39 is 11.9 Å². The molecule has 0 saturated heterocycles. The summed E-state index contributed by atoms with van der Waals surface area (Å²) in [4.78, 5) is 30.1. The van der Waals surface area contributed by atoms with E-state index in [1.54, 1.807) is 12.5 Å². The lowest BCUT2D eigenvalue weighted by Gasteiger charge is -2.20. The van der Waals surface area contributed by atoms with Crippen LogP contribution < -0.4 is 20.7 Å². The molecule has 0 bridgehead atoms. The molecule has 7 nitrogen and oxygen atoms in total. The predicted molar refractivity (Wildman–Crippen MR) is 128 cm³/mol. The maximum Gasteiger partial charge on any atom is 0.271 e. The lowest BCUT2D eigenvalue weighted by atomic mass is 10.0. The molecule has 0 spiro atoms. The zero-order valence-electron chi connectivity index (χ0n) is 18.4. The molecule has 2 amide bonds. The van der Waals surface area contributed by atoms with Crippen molar-refractivity contribution in [2.45, 2.75) is 38.8 Å². The Bertz CT molecular complexity index is 1040. The number of ether oxygens (including phenoxy) is 1. The van der Waals surface area contributed by atoms with Crippen molar-refractivity contribution in [2.75, 3.05) is 12.4 Å². The number of anilines is 2. The van der Waals surface area contributed by atoms with Crippen LogP contribution >= 0.6 is 11.3 Å². The number of amides is 2. The number of carbonyl (C=O) groups is 2. The average molecular weight is 453 g/mol. The fraction of sp³-hybridized carbons (Fsp3) is 0.292. The van der Waals surface area contributed by atoms with Gasteiger partial charge in [0.1, 0.15) is 17.5 Å². The van der Waals surface area contributed by atoms with E-state index in [1.165, 1.54) is 11.3 Å². The van der Waals surface area contributed by atoms with Crippen LogP contribution in [0.3, 0.4) is 0 Å². The third-order valence-electron chi connectivity index (χ3n) is 4.99. The highest BCUT2D eigenvalue weighted by Crippen LogP contribution is 2.28. The van der Waals surface area contributed by atoms with Crippen LogP contribution in [0.5, 0.6) is 5.75 Å². The summed E-state index contributed by atoms with van der Waals surface area (Å²) in [5, 5.41) is 11.2. The van der Waals surface area contributed by atoms with Gasteiger partial charge in [-0.3, -0.25) is 9.59 Å². The van der Waals surface area contributed by atoms with Crippen molar-refractivity contribution in [3.63, 3.8) is 0 Å². The lowest BCUT2D eigenvalue weighted by Crippen LogP contribution is -2.50. The fourth-order valence-corrected chi connectivity index (χ4v) is 3.74. The Labute approximate surface area is 192 Å². The van der Waals surface area contributed by atoms with Gasteiger partial charge in [0, 0.05) is 17.8 Å². The molecule has 3 N–H and O–H groups in total. The van der Waals surface area contributed by atoms with Gasteiger partial charge in [-0.15, -0.1) is 11.3 Å². The normalized spacial score (nSPS) is 12.5. The summed E-state index contributed by atoms with van der Waals surface area (Å²) in [6.45, 7) is 3.94. The Morgan fingerprint density at radius 1 is 1.06 bits per heavy atom. The summed E-state index contributed by atoms with van der Waals surface area (Å²) >= 11 is 1.31. The first kappa shape index (κ1) is 23.3. The van der Waals surface area contributed by atoms with Gasteiger partial charge in [0.15, 0.2) is 5.13 Å². The number of nitrogens with one attached hydrogen (secondary N) is 3. The van der Waals surface area contributed by atoms with E-state index in [4.69, 9.17) is 4.74 Å². The minimum absolute atomic E-state index is 0.0219. The van der Waals surface area contributed by atoms with E-state index >= 15 is 0 Å². The van der Waals surface area contributed by atoms with E-state index in [1.807, 2.05) is 68.4 Å². The van der Waals surface area contributed by atoms with Crippen LogP contribution in [0.2, 0.25) is 0 Å². The molecule has 0 saturated carbocycles. The van der Waals surface area contributed by atoms with E-state index in [9.17, 15) is 9.59 Å². The molecule has 0 fully saturated rings. The van der Waals surface area contributed by atoms with E-state index in [-0.39, 0.29) is 17.6 Å². The standard InChI is InChI=1S/C24H28N4O3S/c1-4-16(2)25-22(29)19(14-17-10-6-5-7-11-17)26-23(30)20-15-32-24(28-20)27-18-12-8-9-13-21(18)31-3/h5-13,15-16,19H,4,14H2,1-3H3,(H,25,29)(H,26,30)(H,27,28)/t16-,19-/m1/s1. The molecule has 168 valence electrons. The van der Waals surface area contributed by atoms with Crippen LogP contribution in [0.15, 0.2) is 60.0 Å². The summed E-state index contributed by atoms with van der Waals surface area (Å²) in [5.74, 6) is 0.0760. The highest BCUT2D eigenvalue weighted by Gasteiger charge is 2.24. The first-order chi connectivity index (χ1) is 15.5. The Hall–Kier alpha value is -3.39. The Kier molecular flexibility index (Phi) is 8.21. The zero-order valence-corrected chi connectivity index (χ0v) is 19.2. The Morgan fingerprint density at radius 2 is 1.78 bits per heavy atom. The van der Waals surface area contributed by atoms with Gasteiger partial charge in [0.25, 0.3) is 5.91 Å². The van der Waals surface area contributed by atoms with Gasteiger partial charge in [0.2, 0.25) is 5.91 Å². The summed E-state index contributed by atoms with van der Waals surface area (Å²) in [5.41, 5.74) is 1.97. The number of hydrogen-bond donors (Lipinski definition) is 3. The second-order valence-electron chi connectivity index (χ2n) is 7.40. The van der Waals surface area contributed by atoms with Crippen molar-refractivity contribution in [3.8, 4) is 5.75 Å². The Balaban J connectivity index is 1.72. The molecule has 1 aromatic heterocycles. The molecule has 0 aliphatic carbocycles. The SMILES string of the molecule is CC[C@@H](C)NC(=O)[C@@H](Cc1ccccc1)NC(=O)c1csc(Nc2ccccc2OC)n1. The fourth-order valence-electron chi connectivity index (χ4n) is 3.04. The minimum Gasteiger partial charge on any atom is -0.495 e. The number of rotatable bonds is 10. The molecule has 8 heteroatoms. The molecule has 2 aromatic carbocycles. The molecular weight excluding hydrogens is 424 g/mol. The highest BCUT2D eigenvalue weighted by atomic mass is 32.1. The second-order valence-corrected chi connectivity index (χ2v) is 8.25. The second kappa shape index (κ2) is 11.3. The minimum atomic E-state index is -0.703. The smallest absolute Gasteiger partial charge is 0.271 e. The summed E-state index contributed by atoms with van der Waals surface area (Å²) in [6, 6.07) is 16.4. The molecule has 32 heavy (non-hydrogen) atoms. The Morgan fingerprint density at radius 3 is 2.50 bits per heavy atom. The third kappa shape index (κ3) is 6.31. The predicted octanol–water partition coefficient (Wildman–Crippen LogP) is 4.15. The molecule has 3 rings (SSSR count). The van der Waals surface area contributed by atoms with Crippen LogP contribution in [0.1, 0.15) is 36.3 Å². The topological polar surface area (TPSA) is 92.4 Å². The summed E-state index contributed by atoms with van der Waals surface area (Å²) < 4.78 is 5.34. The van der Waals surface area contributed by atoms with Crippen molar-refractivity contribution < 1.29 is 14.3 Å². The van der Waals surface area contributed by atoms with Gasteiger partial charge in [-0.05, 0) is 31.0 Å². The molecule has 0 aliphatic heterocycles. The van der Waals surface area contributed by atoms with Gasteiger partial charge < -0.3 is 20.7 Å². The van der Waals surface area contributed by atoms with Crippen molar-refractivity contribution in [3.05, 3.63) is 71.2 Å². The van der Waals surface area contributed by atoms with Crippen LogP contribution in [-0.2, 0) is 11.2 Å². The average Bonchev–Trinajstić information content (AvgIpc) is 3.28. The number of hydrogen-bond acceptors (Lipinski definition) is 6. The first-order valence-electron chi connectivity index (χ1n) is 10.5. The van der Waals surface area contributed by atoms with Crippen LogP contribution in [-0.4, -0.2) is 36.0 Å². The zero-order chi connectivity index (χ0) is 22.9. The third-order valence-corrected chi connectivity index (χ3v) is 5.75. The molecule has 1 heterocycles. The number of aromatic nitrogens is 1. The van der Waals surface area contributed by atoms with Gasteiger partial charge in [0.05, 0.1) is 12.8 Å². The van der Waals surface area contributed by atoms with Crippen LogP contribution in [0.4, 0.5) is 10.8 Å². The van der Waals surface area contributed by atoms with Gasteiger partial charge in [-0.1, -0.05) is 49.4 Å². The maximum atomic E-state index is 12.9. The van der Waals surface area contributed by atoms with Gasteiger partial charge >= 0.3 is 0 Å². The summed E-state index contributed by atoms with van der Waals surface area (Å²) in [6.07, 6.45) is 1.20. The number of nitrogens with zero attached hydrogens (tertiary/aromatic N) is 1. The van der Waals surface area contributed by atoms with Crippen molar-refractivity contribution >= 4 is 34.0 Å². The summed E-state index contributed by atoms with van der Waals surface area (Å²) in [7, 11) is 1.60. The molecule has 0 aliphatic rings. The maximum absolute atomic E-state index is 12.9. The van der Waals surface area contributed by atoms with E-state index in [0.717, 1.165) is 17.7 Å². The monoisotopic (exact) mass is 452 g/mol. The first-order valence-corrected chi connectivity index (χ1v) is 11.4. The number of para-hydroxylation sites is 2. The lowest BCUT2D eigenvalue weighted by molar-refractivity contribution is -0.123. The van der Waals surface area contributed by atoms with Crippen molar-refractivity contribution in [1.29, 1.82) is 0 Å². The van der Waals surface area contributed by atoms with E-state index in [2.05, 4.69) is 20.9 Å². The molecule has 0 unspecified atom stereocenters. The van der Waals surface area contributed by atoms with Crippen molar-refractivity contribution in [1.82, 2.24) is 15.6 Å². The van der Waals surface area contributed by atoms with Crippen LogP contribution in [0, 0.1) is 0 Å². The largest absolute Gasteiger partial charge is 0.495 e.